The fourth-order valence-corrected chi connectivity index (χ4v) is 4.28. The highest BCUT2D eigenvalue weighted by Gasteiger charge is 2.23. The highest BCUT2D eigenvalue weighted by molar-refractivity contribution is 5.87. The number of methoxy groups -OCH3 is 1. The van der Waals surface area contributed by atoms with Gasteiger partial charge in [-0.05, 0) is 43.9 Å². The third kappa shape index (κ3) is 4.11. The molecule has 4 aromatic heterocycles. The molecule has 0 atom stereocenters. The number of nitrogens with zero attached hydrogens (tertiary/aromatic N) is 6. The molecule has 10 heteroatoms. The lowest BCUT2D eigenvalue weighted by atomic mass is 9.93. The van der Waals surface area contributed by atoms with E-state index < -0.39 is 0 Å². The van der Waals surface area contributed by atoms with Crippen molar-refractivity contribution in [3.8, 4) is 11.3 Å². The average molecular weight is 437 g/mol. The van der Waals surface area contributed by atoms with Crippen LogP contribution in [-0.4, -0.2) is 68.7 Å². The highest BCUT2D eigenvalue weighted by Crippen LogP contribution is 2.30. The van der Waals surface area contributed by atoms with Crippen LogP contribution in [0.4, 0.5) is 11.8 Å². The predicted octanol–water partition coefficient (Wildman–Crippen LogP) is 2.87. The average Bonchev–Trinajstić information content (AvgIpc) is 3.46. The molecule has 32 heavy (non-hydrogen) atoms. The molecule has 1 aliphatic rings. The molecule has 2 N–H and O–H groups in total. The molecule has 0 radical (unpaired) electrons. The van der Waals surface area contributed by atoms with Crippen LogP contribution < -0.4 is 10.6 Å². The molecule has 4 aromatic rings. The molecule has 168 valence electrons. The lowest BCUT2D eigenvalue weighted by molar-refractivity contribution is -0.00158. The van der Waals surface area contributed by atoms with Crippen LogP contribution in [-0.2, 0) is 9.47 Å². The van der Waals surface area contributed by atoms with Gasteiger partial charge in [-0.25, -0.2) is 14.0 Å². The van der Waals surface area contributed by atoms with Crippen molar-refractivity contribution in [1.29, 1.82) is 0 Å². The molecule has 0 spiro atoms. The van der Waals surface area contributed by atoms with Crippen molar-refractivity contribution in [2.45, 2.75) is 37.8 Å². The molecule has 0 amide bonds. The van der Waals surface area contributed by atoms with E-state index in [0.717, 1.165) is 53.9 Å². The fraction of sp³-hybridized carbons (Fsp3) is 0.455. The first-order valence-electron chi connectivity index (χ1n) is 11.0. The van der Waals surface area contributed by atoms with Crippen LogP contribution >= 0.6 is 0 Å². The number of imidazole rings is 1. The molecular weight excluding hydrogens is 408 g/mol. The van der Waals surface area contributed by atoms with Crippen LogP contribution in [0, 0.1) is 0 Å². The van der Waals surface area contributed by atoms with Crippen LogP contribution in [0.3, 0.4) is 0 Å². The third-order valence-corrected chi connectivity index (χ3v) is 5.93. The van der Waals surface area contributed by atoms with Crippen LogP contribution in [0.2, 0.25) is 0 Å². The lowest BCUT2D eigenvalue weighted by Crippen LogP contribution is -2.31. The summed E-state index contributed by atoms with van der Waals surface area (Å²) in [4.78, 5) is 9.02. The summed E-state index contributed by atoms with van der Waals surface area (Å²) in [6.07, 6.45) is 9.94. The van der Waals surface area contributed by atoms with Gasteiger partial charge in [0.1, 0.15) is 5.52 Å². The van der Waals surface area contributed by atoms with Crippen LogP contribution in [0.15, 0.2) is 36.8 Å². The van der Waals surface area contributed by atoms with Crippen molar-refractivity contribution in [3.63, 3.8) is 0 Å². The molecule has 1 fully saturated rings. The van der Waals surface area contributed by atoms with Gasteiger partial charge in [-0.15, -0.1) is 5.10 Å². The molecule has 0 aromatic carbocycles. The van der Waals surface area contributed by atoms with Gasteiger partial charge >= 0.3 is 0 Å². The maximum Gasteiger partial charge on any atom is 0.243 e. The molecule has 0 unspecified atom stereocenters. The minimum absolute atomic E-state index is 0.312. The van der Waals surface area contributed by atoms with Crippen molar-refractivity contribution in [2.24, 2.45) is 0 Å². The fourth-order valence-electron chi connectivity index (χ4n) is 4.28. The first kappa shape index (κ1) is 20.7. The van der Waals surface area contributed by atoms with Gasteiger partial charge in [-0.1, -0.05) is 0 Å². The van der Waals surface area contributed by atoms with Gasteiger partial charge in [0.05, 0.1) is 25.0 Å². The van der Waals surface area contributed by atoms with Crippen molar-refractivity contribution in [3.05, 3.63) is 36.8 Å². The smallest absolute Gasteiger partial charge is 0.243 e. The van der Waals surface area contributed by atoms with Gasteiger partial charge in [0.25, 0.3) is 0 Å². The standard InChI is InChI=1S/C22H28N8O2/c1-23-21-20-17(18-7-8-19-24-10-12-29(19)27-18)9-11-30(20)28-22(26-21)25-15-3-5-16(6-4-15)32-14-13-31-2/h7-12,15-16H,3-6,13-14H2,1-2H3,(H2,23,25,26,28). The number of nitrogens with one attached hydrogen (secondary N) is 2. The SMILES string of the molecule is CNc1nc(NC2CCC(OCCOC)CC2)nn2ccc(-c3ccc4nccn4n3)c12. The van der Waals surface area contributed by atoms with Gasteiger partial charge in [-0.2, -0.15) is 10.1 Å². The van der Waals surface area contributed by atoms with Crippen molar-refractivity contribution in [2.75, 3.05) is 38.0 Å². The summed E-state index contributed by atoms with van der Waals surface area (Å²) in [5.41, 5.74) is 3.50. The zero-order valence-corrected chi connectivity index (χ0v) is 18.4. The Balaban J connectivity index is 1.34. The Bertz CT molecular complexity index is 1200. The molecule has 4 heterocycles. The van der Waals surface area contributed by atoms with Gasteiger partial charge in [0.2, 0.25) is 5.95 Å². The normalized spacial score (nSPS) is 18.9. The third-order valence-electron chi connectivity index (χ3n) is 5.93. The Morgan fingerprint density at radius 1 is 1.03 bits per heavy atom. The van der Waals surface area contributed by atoms with E-state index in [9.17, 15) is 0 Å². The van der Waals surface area contributed by atoms with Crippen LogP contribution in [0.25, 0.3) is 22.4 Å². The minimum atomic E-state index is 0.312. The summed E-state index contributed by atoms with van der Waals surface area (Å²) in [6, 6.07) is 6.27. The monoisotopic (exact) mass is 436 g/mol. The van der Waals surface area contributed by atoms with Crippen molar-refractivity contribution < 1.29 is 9.47 Å². The van der Waals surface area contributed by atoms with E-state index in [1.807, 2.05) is 42.2 Å². The number of hydrogen-bond acceptors (Lipinski definition) is 8. The molecule has 0 bridgehead atoms. The molecule has 0 saturated heterocycles. The van der Waals surface area contributed by atoms with E-state index >= 15 is 0 Å². The lowest BCUT2D eigenvalue weighted by Gasteiger charge is -2.29. The Labute approximate surface area is 186 Å². The summed E-state index contributed by atoms with van der Waals surface area (Å²) in [7, 11) is 3.57. The zero-order chi connectivity index (χ0) is 21.9. The number of aromatic nitrogens is 6. The summed E-state index contributed by atoms with van der Waals surface area (Å²) in [5.74, 6) is 1.37. The maximum atomic E-state index is 5.87. The molecule has 0 aliphatic heterocycles. The maximum absolute atomic E-state index is 5.87. The first-order chi connectivity index (χ1) is 15.7. The molecule has 1 aliphatic carbocycles. The molecule has 10 nitrogen and oxygen atoms in total. The summed E-state index contributed by atoms with van der Waals surface area (Å²) in [6.45, 7) is 1.30. The van der Waals surface area contributed by atoms with Gasteiger partial charge in [0.15, 0.2) is 11.5 Å². The Hall–Kier alpha value is -3.24. The van der Waals surface area contributed by atoms with Crippen LogP contribution in [0.5, 0.6) is 0 Å². The van der Waals surface area contributed by atoms with E-state index in [2.05, 4.69) is 20.7 Å². The summed E-state index contributed by atoms with van der Waals surface area (Å²) >= 11 is 0. The Kier molecular flexibility index (Phi) is 5.87. The van der Waals surface area contributed by atoms with Gasteiger partial charge in [-0.3, -0.25) is 0 Å². The van der Waals surface area contributed by atoms with Crippen LogP contribution in [0.1, 0.15) is 25.7 Å². The quantitative estimate of drug-likeness (QED) is 0.407. The number of fused-ring (bicyclic) bond motifs is 2. The molecule has 1 saturated carbocycles. The predicted molar refractivity (Wildman–Crippen MR) is 122 cm³/mol. The number of rotatable bonds is 8. The van der Waals surface area contributed by atoms with E-state index in [1.165, 1.54) is 0 Å². The topological polar surface area (TPSA) is 103 Å². The number of anilines is 2. The molecule has 5 rings (SSSR count). The van der Waals surface area contributed by atoms with Crippen molar-refractivity contribution in [1.82, 2.24) is 29.2 Å². The van der Waals surface area contributed by atoms with E-state index in [-0.39, 0.29) is 0 Å². The van der Waals surface area contributed by atoms with Crippen molar-refractivity contribution >= 4 is 22.9 Å². The van der Waals surface area contributed by atoms with Gasteiger partial charge < -0.3 is 20.1 Å². The van der Waals surface area contributed by atoms with Gasteiger partial charge in [0, 0.05) is 44.4 Å². The largest absolute Gasteiger partial charge is 0.382 e. The van der Waals surface area contributed by atoms with E-state index in [4.69, 9.17) is 19.6 Å². The second-order valence-electron chi connectivity index (χ2n) is 7.99. The number of ether oxygens (including phenoxy) is 2. The van der Waals surface area contributed by atoms with E-state index in [1.54, 1.807) is 17.8 Å². The molecular formula is C22H28N8O2. The minimum Gasteiger partial charge on any atom is -0.382 e. The zero-order valence-electron chi connectivity index (χ0n) is 18.4. The second-order valence-corrected chi connectivity index (χ2v) is 7.99. The Morgan fingerprint density at radius 3 is 2.72 bits per heavy atom. The Morgan fingerprint density at radius 2 is 1.91 bits per heavy atom. The summed E-state index contributed by atoms with van der Waals surface area (Å²) < 4.78 is 14.6. The van der Waals surface area contributed by atoms with E-state index in [0.29, 0.717) is 31.3 Å². The number of hydrogen-bond donors (Lipinski definition) is 2. The second kappa shape index (κ2) is 9.09. The first-order valence-corrected chi connectivity index (χ1v) is 11.0. The summed E-state index contributed by atoms with van der Waals surface area (Å²) in [5, 5.41) is 16.1. The highest BCUT2D eigenvalue weighted by atomic mass is 16.5.